The Morgan fingerprint density at radius 1 is 0.879 bits per heavy atom. The number of fused-ring (bicyclic) bond motifs is 1. The van der Waals surface area contributed by atoms with E-state index < -0.39 is 5.92 Å². The molecule has 0 bridgehead atoms. The van der Waals surface area contributed by atoms with Crippen LogP contribution >= 0.6 is 11.3 Å². The van der Waals surface area contributed by atoms with Gasteiger partial charge in [-0.05, 0) is 35.7 Å². The van der Waals surface area contributed by atoms with Crippen LogP contribution < -0.4 is 10.6 Å². The lowest BCUT2D eigenvalue weighted by molar-refractivity contribution is -0.118. The molecule has 1 fully saturated rings. The molecule has 1 unspecified atom stereocenters. The summed E-state index contributed by atoms with van der Waals surface area (Å²) >= 11 is 1.68. The molecule has 3 aromatic carbocycles. The lowest BCUT2D eigenvalue weighted by atomic mass is 9.96. The average molecular weight is 456 g/mol. The molecule has 0 spiro atoms. The second-order valence-corrected chi connectivity index (χ2v) is 9.76. The van der Waals surface area contributed by atoms with Crippen molar-refractivity contribution in [2.45, 2.75) is 12.3 Å². The SMILES string of the molecule is NC(=O)C(c1ccccc1)c1cc2c(N3CCN(CCc4ccccc4)CC3)cccc2s1. The van der Waals surface area contributed by atoms with Crippen molar-refractivity contribution in [1.82, 2.24) is 4.90 Å². The van der Waals surface area contributed by atoms with E-state index in [9.17, 15) is 4.79 Å². The minimum Gasteiger partial charge on any atom is -0.369 e. The summed E-state index contributed by atoms with van der Waals surface area (Å²) in [7, 11) is 0. The monoisotopic (exact) mass is 455 g/mol. The molecule has 0 saturated carbocycles. The number of primary amides is 1. The summed E-state index contributed by atoms with van der Waals surface area (Å²) in [6.07, 6.45) is 1.10. The Hall–Kier alpha value is -3.15. The van der Waals surface area contributed by atoms with Crippen molar-refractivity contribution >= 4 is 33.0 Å². The average Bonchev–Trinajstić information content (AvgIpc) is 3.28. The third-order valence-corrected chi connectivity index (χ3v) is 7.70. The number of benzene rings is 3. The first-order valence-electron chi connectivity index (χ1n) is 11.6. The summed E-state index contributed by atoms with van der Waals surface area (Å²) in [4.78, 5) is 18.4. The Bertz CT molecular complexity index is 1210. The lowest BCUT2D eigenvalue weighted by Crippen LogP contribution is -2.47. The molecule has 2 heterocycles. The quantitative estimate of drug-likeness (QED) is 0.432. The van der Waals surface area contributed by atoms with Gasteiger partial charge in [-0.3, -0.25) is 9.69 Å². The predicted octanol–water partition coefficient (Wildman–Crippen LogP) is 4.88. The van der Waals surface area contributed by atoms with E-state index in [-0.39, 0.29) is 5.91 Å². The first-order chi connectivity index (χ1) is 16.2. The van der Waals surface area contributed by atoms with Crippen LogP contribution in [0, 0.1) is 0 Å². The highest BCUT2D eigenvalue weighted by molar-refractivity contribution is 7.19. The number of hydrogen-bond donors (Lipinski definition) is 1. The molecule has 0 radical (unpaired) electrons. The van der Waals surface area contributed by atoms with E-state index in [1.807, 2.05) is 30.3 Å². The van der Waals surface area contributed by atoms with Crippen LogP contribution in [-0.2, 0) is 11.2 Å². The first-order valence-corrected chi connectivity index (χ1v) is 12.4. The molecule has 1 saturated heterocycles. The zero-order valence-electron chi connectivity index (χ0n) is 18.7. The van der Waals surface area contributed by atoms with Crippen LogP contribution in [0.1, 0.15) is 21.9 Å². The maximum absolute atomic E-state index is 12.4. The highest BCUT2D eigenvalue weighted by Gasteiger charge is 2.24. The molecule has 0 aliphatic carbocycles. The van der Waals surface area contributed by atoms with Gasteiger partial charge < -0.3 is 10.6 Å². The summed E-state index contributed by atoms with van der Waals surface area (Å²) in [5.74, 6) is -0.715. The molecule has 4 aromatic rings. The van der Waals surface area contributed by atoms with Crippen molar-refractivity contribution in [2.75, 3.05) is 37.6 Å². The second kappa shape index (κ2) is 9.77. The van der Waals surface area contributed by atoms with Gasteiger partial charge >= 0.3 is 0 Å². The van der Waals surface area contributed by atoms with Gasteiger partial charge in [0.1, 0.15) is 0 Å². The number of piperazine rings is 1. The van der Waals surface area contributed by atoms with Gasteiger partial charge in [-0.15, -0.1) is 11.3 Å². The Morgan fingerprint density at radius 3 is 2.27 bits per heavy atom. The lowest BCUT2D eigenvalue weighted by Gasteiger charge is -2.36. The molecule has 1 aliphatic heterocycles. The molecule has 1 atom stereocenters. The van der Waals surface area contributed by atoms with Crippen LogP contribution in [0.25, 0.3) is 10.1 Å². The molecule has 4 nitrogen and oxygen atoms in total. The maximum atomic E-state index is 12.4. The van der Waals surface area contributed by atoms with Crippen molar-refractivity contribution < 1.29 is 4.79 Å². The smallest absolute Gasteiger partial charge is 0.230 e. The number of carbonyl (C=O) groups is 1. The van der Waals surface area contributed by atoms with Gasteiger partial charge in [-0.2, -0.15) is 0 Å². The summed E-state index contributed by atoms with van der Waals surface area (Å²) in [5, 5.41) is 1.22. The van der Waals surface area contributed by atoms with Crippen molar-refractivity contribution in [3.05, 3.63) is 101 Å². The van der Waals surface area contributed by atoms with Gasteiger partial charge in [0.25, 0.3) is 0 Å². The minimum absolute atomic E-state index is 0.304. The largest absolute Gasteiger partial charge is 0.369 e. The molecule has 1 aromatic heterocycles. The van der Waals surface area contributed by atoms with Gasteiger partial charge in [0.05, 0.1) is 5.92 Å². The first kappa shape index (κ1) is 21.7. The number of carbonyl (C=O) groups excluding carboxylic acids is 1. The third-order valence-electron chi connectivity index (χ3n) is 6.53. The van der Waals surface area contributed by atoms with Gasteiger partial charge in [-0.25, -0.2) is 0 Å². The maximum Gasteiger partial charge on any atom is 0.230 e. The molecule has 5 rings (SSSR count). The Morgan fingerprint density at radius 2 is 1.58 bits per heavy atom. The van der Waals surface area contributed by atoms with E-state index in [0.717, 1.165) is 49.6 Å². The fraction of sp³-hybridized carbons (Fsp3) is 0.250. The van der Waals surface area contributed by atoms with E-state index in [4.69, 9.17) is 5.73 Å². The highest BCUT2D eigenvalue weighted by atomic mass is 32.1. The van der Waals surface area contributed by atoms with Crippen LogP contribution in [0.15, 0.2) is 84.9 Å². The van der Waals surface area contributed by atoms with E-state index in [2.05, 4.69) is 64.4 Å². The van der Waals surface area contributed by atoms with Crippen LogP contribution in [0.2, 0.25) is 0 Å². The highest BCUT2D eigenvalue weighted by Crippen LogP contribution is 2.39. The zero-order chi connectivity index (χ0) is 22.6. The number of nitrogens with two attached hydrogens (primary N) is 1. The Balaban J connectivity index is 1.32. The van der Waals surface area contributed by atoms with Crippen LogP contribution in [-0.4, -0.2) is 43.5 Å². The van der Waals surface area contributed by atoms with Gasteiger partial charge in [0.2, 0.25) is 5.91 Å². The van der Waals surface area contributed by atoms with E-state index in [1.165, 1.54) is 21.3 Å². The zero-order valence-corrected chi connectivity index (χ0v) is 19.5. The standard InChI is InChI=1S/C28H29N3OS/c29-28(32)27(22-10-5-2-6-11-22)26-20-23-24(12-7-13-25(23)33-26)31-18-16-30(17-19-31)15-14-21-8-3-1-4-9-21/h1-13,20,27H,14-19H2,(H2,29,32). The molecular formula is C28H29N3OS. The van der Waals surface area contributed by atoms with Gasteiger partial charge in [0.15, 0.2) is 0 Å². The number of hydrogen-bond acceptors (Lipinski definition) is 4. The molecule has 5 heteroatoms. The molecule has 168 valence electrons. The molecular weight excluding hydrogens is 426 g/mol. The van der Waals surface area contributed by atoms with Crippen molar-refractivity contribution in [3.63, 3.8) is 0 Å². The number of anilines is 1. The Labute approximate surface area is 199 Å². The van der Waals surface area contributed by atoms with Crippen LogP contribution in [0.4, 0.5) is 5.69 Å². The minimum atomic E-state index is -0.411. The fourth-order valence-corrected chi connectivity index (χ4v) is 5.96. The van der Waals surface area contributed by atoms with Crippen LogP contribution in [0.3, 0.4) is 0 Å². The predicted molar refractivity (Wildman–Crippen MR) is 138 cm³/mol. The molecule has 33 heavy (non-hydrogen) atoms. The topological polar surface area (TPSA) is 49.6 Å². The normalized spacial score (nSPS) is 15.6. The third kappa shape index (κ3) is 4.80. The van der Waals surface area contributed by atoms with Gasteiger partial charge in [0, 0.05) is 53.4 Å². The van der Waals surface area contributed by atoms with E-state index >= 15 is 0 Å². The molecule has 1 amide bonds. The van der Waals surface area contributed by atoms with Crippen molar-refractivity contribution in [1.29, 1.82) is 0 Å². The van der Waals surface area contributed by atoms with E-state index in [1.54, 1.807) is 11.3 Å². The fourth-order valence-electron chi connectivity index (χ4n) is 4.74. The van der Waals surface area contributed by atoms with Crippen LogP contribution in [0.5, 0.6) is 0 Å². The molecule has 2 N–H and O–H groups in total. The number of nitrogens with zero attached hydrogens (tertiary/aromatic N) is 2. The van der Waals surface area contributed by atoms with Crippen molar-refractivity contribution in [2.24, 2.45) is 5.73 Å². The number of amides is 1. The second-order valence-electron chi connectivity index (χ2n) is 8.65. The summed E-state index contributed by atoms with van der Waals surface area (Å²) in [6, 6.07) is 29.2. The summed E-state index contributed by atoms with van der Waals surface area (Å²) < 4.78 is 1.20. The number of thiophene rings is 1. The molecule has 1 aliphatic rings. The number of rotatable bonds is 7. The van der Waals surface area contributed by atoms with Crippen molar-refractivity contribution in [3.8, 4) is 0 Å². The summed E-state index contributed by atoms with van der Waals surface area (Å²) in [5.41, 5.74) is 9.45. The Kier molecular flexibility index (Phi) is 6.42. The van der Waals surface area contributed by atoms with E-state index in [0.29, 0.717) is 0 Å². The summed E-state index contributed by atoms with van der Waals surface area (Å²) in [6.45, 7) is 5.25. The van der Waals surface area contributed by atoms with Gasteiger partial charge in [-0.1, -0.05) is 66.7 Å².